The molecular formula is C25H26N2O11. The van der Waals surface area contributed by atoms with E-state index in [-0.39, 0.29) is 23.3 Å². The Balaban J connectivity index is 0.000000436. The summed E-state index contributed by atoms with van der Waals surface area (Å²) in [5.74, 6) is -8.94. The molecule has 0 spiro atoms. The number of likely N-dealkylation sites (N-methyl/N-ethyl adjacent to an activating group) is 1. The smallest absolute Gasteiger partial charge is 0.328 e. The van der Waals surface area contributed by atoms with Gasteiger partial charge in [-0.2, -0.15) is 0 Å². The Morgan fingerprint density at radius 3 is 2.13 bits per heavy atom. The third-order valence-corrected chi connectivity index (χ3v) is 6.83. The zero-order valence-electron chi connectivity index (χ0n) is 20.3. The quantitative estimate of drug-likeness (QED) is 0.196. The van der Waals surface area contributed by atoms with Crippen LogP contribution in [0.4, 0.5) is 0 Å². The van der Waals surface area contributed by atoms with Gasteiger partial charge in [-0.1, -0.05) is 12.1 Å². The number of aliphatic hydroxyl groups excluding tert-OH is 2. The topological polar surface area (TPSA) is 236 Å². The maximum Gasteiger partial charge on any atom is 0.328 e. The van der Waals surface area contributed by atoms with Crippen molar-refractivity contribution in [2.45, 2.75) is 24.5 Å². The van der Waals surface area contributed by atoms with Crippen molar-refractivity contribution in [1.82, 2.24) is 4.90 Å². The van der Waals surface area contributed by atoms with Crippen molar-refractivity contribution >= 4 is 35.2 Å². The van der Waals surface area contributed by atoms with Gasteiger partial charge in [-0.3, -0.25) is 19.3 Å². The SMILES string of the molecule is CN(C)[C@@H]1C(=O)C(C(N)=O)=C(O)[C@@]2(O)C(=O)C3=C(O)c4c(O)cccc4C[C@H]3C[C@@H]12.O=C(O)/C=C\C(=O)O. The Hall–Kier alpha value is -4.49. The maximum absolute atomic E-state index is 13.5. The van der Waals surface area contributed by atoms with Crippen LogP contribution in [-0.4, -0.2) is 90.7 Å². The second kappa shape index (κ2) is 10.1. The van der Waals surface area contributed by atoms with Crippen molar-refractivity contribution in [3.63, 3.8) is 0 Å². The number of ketones is 2. The summed E-state index contributed by atoms with van der Waals surface area (Å²) in [7, 11) is 3.12. The monoisotopic (exact) mass is 530 g/mol. The van der Waals surface area contributed by atoms with Crippen molar-refractivity contribution < 1.29 is 54.6 Å². The first-order valence-electron chi connectivity index (χ1n) is 11.2. The molecule has 0 radical (unpaired) electrons. The summed E-state index contributed by atoms with van der Waals surface area (Å²) in [5.41, 5.74) is 2.41. The third-order valence-electron chi connectivity index (χ3n) is 6.83. The number of carboxylic acids is 2. The first-order valence-corrected chi connectivity index (χ1v) is 11.2. The molecule has 38 heavy (non-hydrogen) atoms. The van der Waals surface area contributed by atoms with E-state index in [1.165, 1.54) is 11.0 Å². The van der Waals surface area contributed by atoms with Crippen molar-refractivity contribution in [1.29, 1.82) is 0 Å². The molecule has 13 heteroatoms. The summed E-state index contributed by atoms with van der Waals surface area (Å²) in [4.78, 5) is 58.8. The number of hydrogen-bond acceptors (Lipinski definition) is 10. The van der Waals surface area contributed by atoms with Crippen LogP contribution in [0.15, 0.2) is 47.3 Å². The van der Waals surface area contributed by atoms with Gasteiger partial charge in [-0.05, 0) is 44.5 Å². The summed E-state index contributed by atoms with van der Waals surface area (Å²) >= 11 is 0. The number of phenolic OH excluding ortho intramolecular Hbond substituents is 1. The van der Waals surface area contributed by atoms with Gasteiger partial charge in [0.1, 0.15) is 22.8 Å². The number of nitrogens with zero attached hydrogens (tertiary/aromatic N) is 1. The lowest BCUT2D eigenvalue weighted by Gasteiger charge is -2.50. The number of carboxylic acid groups (broad SMARTS) is 2. The van der Waals surface area contributed by atoms with Gasteiger partial charge < -0.3 is 36.4 Å². The Morgan fingerprint density at radius 2 is 1.63 bits per heavy atom. The number of primary amides is 1. The lowest BCUT2D eigenvalue weighted by molar-refractivity contribution is -0.153. The minimum Gasteiger partial charge on any atom is -0.508 e. The highest BCUT2D eigenvalue weighted by atomic mass is 16.4. The van der Waals surface area contributed by atoms with E-state index in [1.54, 1.807) is 26.2 Å². The minimum absolute atomic E-state index is 0.0847. The number of hydrogen-bond donors (Lipinski definition) is 7. The number of aliphatic hydroxyl groups is 3. The second-order valence-electron chi connectivity index (χ2n) is 9.28. The lowest BCUT2D eigenvalue weighted by atomic mass is 9.57. The summed E-state index contributed by atoms with van der Waals surface area (Å²) in [6.07, 6.45) is 1.50. The molecular weight excluding hydrogens is 504 g/mol. The largest absolute Gasteiger partial charge is 0.508 e. The Labute approximate surface area is 215 Å². The number of nitrogens with two attached hydrogens (primary N) is 1. The highest BCUT2D eigenvalue weighted by molar-refractivity contribution is 6.24. The van der Waals surface area contributed by atoms with Crippen LogP contribution < -0.4 is 5.73 Å². The van der Waals surface area contributed by atoms with Crippen molar-refractivity contribution in [3.8, 4) is 5.75 Å². The predicted molar refractivity (Wildman–Crippen MR) is 129 cm³/mol. The molecule has 0 saturated heterocycles. The zero-order valence-corrected chi connectivity index (χ0v) is 20.3. The van der Waals surface area contributed by atoms with Crippen molar-refractivity contribution in [3.05, 3.63) is 58.4 Å². The fraction of sp³-hybridized carbons (Fsp3) is 0.320. The molecule has 1 fully saturated rings. The highest BCUT2D eigenvalue weighted by Gasteiger charge is 2.64. The summed E-state index contributed by atoms with van der Waals surface area (Å²) in [6.45, 7) is 0. The van der Waals surface area contributed by atoms with Gasteiger partial charge in [0.05, 0.1) is 11.6 Å². The highest BCUT2D eigenvalue weighted by Crippen LogP contribution is 2.52. The second-order valence-corrected chi connectivity index (χ2v) is 9.28. The molecule has 4 atom stereocenters. The average molecular weight is 530 g/mol. The Kier molecular flexibility index (Phi) is 7.47. The first-order chi connectivity index (χ1) is 17.6. The van der Waals surface area contributed by atoms with E-state index in [1.807, 2.05) is 0 Å². The molecule has 3 aliphatic rings. The van der Waals surface area contributed by atoms with Gasteiger partial charge in [0.15, 0.2) is 11.4 Å². The molecule has 1 aromatic rings. The fourth-order valence-electron chi connectivity index (χ4n) is 5.32. The lowest BCUT2D eigenvalue weighted by Crippen LogP contribution is -2.65. The van der Waals surface area contributed by atoms with Crippen LogP contribution in [0.1, 0.15) is 17.5 Å². The molecule has 4 rings (SSSR count). The fourth-order valence-corrected chi connectivity index (χ4v) is 5.32. The number of fused-ring (bicyclic) bond motifs is 3. The molecule has 13 nitrogen and oxygen atoms in total. The van der Waals surface area contributed by atoms with E-state index < -0.39 is 70.0 Å². The molecule has 1 amide bonds. The number of aliphatic carboxylic acids is 2. The first kappa shape index (κ1) is 28.1. The summed E-state index contributed by atoms with van der Waals surface area (Å²) < 4.78 is 0. The van der Waals surface area contributed by atoms with Gasteiger partial charge >= 0.3 is 11.9 Å². The number of aromatic hydroxyl groups is 1. The molecule has 202 valence electrons. The van der Waals surface area contributed by atoms with E-state index in [0.717, 1.165) is 0 Å². The standard InChI is InChI=1S/C21H22N2O7.C4H4O4/c1-23(2)15-10-7-9-6-8-4-3-5-11(24)12(8)16(25)13(9)18(27)21(10,30)19(28)14(17(15)26)20(22)29;5-3(6)1-2-4(7)8/h3-5,9-10,15,24-25,28,30H,6-7H2,1-2H3,(H2,22,29);1-2H,(H,5,6)(H,7,8)/b;2-1-/t9-,10-,15-,21-;/m0./s1. The van der Waals surface area contributed by atoms with Crippen LogP contribution in [0, 0.1) is 11.8 Å². The summed E-state index contributed by atoms with van der Waals surface area (Å²) in [6, 6.07) is 3.62. The molecule has 8 N–H and O–H groups in total. The molecule has 3 aliphatic carbocycles. The van der Waals surface area contributed by atoms with Crippen molar-refractivity contribution in [2.24, 2.45) is 17.6 Å². The third kappa shape index (κ3) is 4.53. The normalized spacial score (nSPS) is 26.4. The van der Waals surface area contributed by atoms with Crippen LogP contribution in [0.25, 0.3) is 5.76 Å². The van der Waals surface area contributed by atoms with Gasteiger partial charge in [-0.15, -0.1) is 0 Å². The van der Waals surface area contributed by atoms with Crippen molar-refractivity contribution in [2.75, 3.05) is 14.1 Å². The predicted octanol–water partition coefficient (Wildman–Crippen LogP) is -0.324. The summed E-state index contributed by atoms with van der Waals surface area (Å²) in [5, 5.41) is 58.7. The van der Waals surface area contributed by atoms with Gasteiger partial charge in [-0.25, -0.2) is 9.59 Å². The van der Waals surface area contributed by atoms with E-state index in [9.17, 15) is 44.4 Å². The van der Waals surface area contributed by atoms with Crippen LogP contribution >= 0.6 is 0 Å². The van der Waals surface area contributed by atoms with Gasteiger partial charge in [0.25, 0.3) is 5.91 Å². The van der Waals surface area contributed by atoms with Crippen LogP contribution in [0.2, 0.25) is 0 Å². The molecule has 0 unspecified atom stereocenters. The van der Waals surface area contributed by atoms with E-state index in [0.29, 0.717) is 24.1 Å². The van der Waals surface area contributed by atoms with Crippen LogP contribution in [0.3, 0.4) is 0 Å². The molecule has 0 aliphatic heterocycles. The average Bonchev–Trinajstić information content (AvgIpc) is 2.80. The number of Topliss-reactive ketones (excluding diaryl/α,β-unsaturated/α-hetero) is 2. The number of rotatable bonds is 4. The number of benzene rings is 1. The Bertz CT molecular complexity index is 1320. The number of carbonyl (C=O) groups is 5. The van der Waals surface area contributed by atoms with E-state index >= 15 is 0 Å². The number of carbonyl (C=O) groups excluding carboxylic acids is 3. The molecule has 1 saturated carbocycles. The van der Waals surface area contributed by atoms with E-state index in [4.69, 9.17) is 15.9 Å². The Morgan fingerprint density at radius 1 is 1.05 bits per heavy atom. The number of phenols is 1. The zero-order chi connectivity index (χ0) is 28.7. The molecule has 1 aromatic carbocycles. The van der Waals surface area contributed by atoms with Gasteiger partial charge in [0.2, 0.25) is 5.78 Å². The van der Waals surface area contributed by atoms with Crippen LogP contribution in [-0.2, 0) is 30.4 Å². The molecule has 0 aromatic heterocycles. The molecule has 0 bridgehead atoms. The van der Waals surface area contributed by atoms with Crippen LogP contribution in [0.5, 0.6) is 5.75 Å². The molecule has 0 heterocycles. The van der Waals surface area contributed by atoms with Gasteiger partial charge in [0, 0.05) is 23.6 Å². The minimum atomic E-state index is -2.60. The van der Waals surface area contributed by atoms with E-state index in [2.05, 4.69) is 0 Å². The maximum atomic E-state index is 13.5. The number of amides is 1.